The molecular weight excluding hydrogens is 382 g/mol. The third kappa shape index (κ3) is 4.38. The second-order valence-corrected chi connectivity index (χ2v) is 7.22. The molecule has 0 aliphatic heterocycles. The first kappa shape index (κ1) is 19.8. The maximum absolute atomic E-state index is 12.8. The fourth-order valence-electron chi connectivity index (χ4n) is 3.00. The summed E-state index contributed by atoms with van der Waals surface area (Å²) in [5.41, 5.74) is 1.97. The summed E-state index contributed by atoms with van der Waals surface area (Å²) < 4.78 is 6.76. The van der Waals surface area contributed by atoms with E-state index in [4.69, 9.17) is 4.74 Å². The molecule has 1 saturated carbocycles. The van der Waals surface area contributed by atoms with E-state index in [1.807, 2.05) is 30.3 Å². The van der Waals surface area contributed by atoms with Gasteiger partial charge in [-0.3, -0.25) is 9.59 Å². The average molecular weight is 405 g/mol. The quantitative estimate of drug-likeness (QED) is 0.628. The molecule has 1 aliphatic rings. The van der Waals surface area contributed by atoms with Crippen molar-refractivity contribution in [1.82, 2.24) is 14.8 Å². The van der Waals surface area contributed by atoms with Crippen molar-refractivity contribution in [1.29, 1.82) is 0 Å². The third-order valence-corrected chi connectivity index (χ3v) is 4.89. The van der Waals surface area contributed by atoms with Gasteiger partial charge in [-0.2, -0.15) is 0 Å². The molecule has 1 aliphatic carbocycles. The fourth-order valence-corrected chi connectivity index (χ4v) is 3.00. The predicted molar refractivity (Wildman–Crippen MR) is 113 cm³/mol. The summed E-state index contributed by atoms with van der Waals surface area (Å²) in [4.78, 5) is 29.3. The molecule has 3 aromatic rings. The highest BCUT2D eigenvalue weighted by atomic mass is 16.5. The van der Waals surface area contributed by atoms with E-state index < -0.39 is 12.0 Å². The van der Waals surface area contributed by atoms with Gasteiger partial charge in [0.25, 0.3) is 11.8 Å². The van der Waals surface area contributed by atoms with Crippen molar-refractivity contribution >= 4 is 23.2 Å². The number of hydrogen-bond acceptors (Lipinski definition) is 5. The van der Waals surface area contributed by atoms with Crippen LogP contribution in [0.4, 0.5) is 11.4 Å². The van der Waals surface area contributed by atoms with Crippen LogP contribution in [-0.2, 0) is 9.53 Å². The number of nitrogens with one attached hydrogen (secondary N) is 2. The summed E-state index contributed by atoms with van der Waals surface area (Å²) in [5.74, 6) is 0.586. The Labute approximate surface area is 174 Å². The number of carbonyl (C=O) groups is 2. The van der Waals surface area contributed by atoms with Crippen LogP contribution < -0.4 is 10.6 Å². The summed E-state index contributed by atoms with van der Waals surface area (Å²) in [7, 11) is 1.47. The van der Waals surface area contributed by atoms with E-state index in [2.05, 4.69) is 20.7 Å². The maximum Gasteiger partial charge on any atom is 0.295 e. The zero-order valence-electron chi connectivity index (χ0n) is 16.8. The summed E-state index contributed by atoms with van der Waals surface area (Å²) in [6, 6.07) is 16.6. The number of hydrogen-bond donors (Lipinski definition) is 2. The van der Waals surface area contributed by atoms with E-state index in [-0.39, 0.29) is 11.7 Å². The van der Waals surface area contributed by atoms with Crippen LogP contribution in [0.5, 0.6) is 0 Å². The summed E-state index contributed by atoms with van der Waals surface area (Å²) in [6.07, 6.45) is 1.53. The Bertz CT molecular complexity index is 1060. The van der Waals surface area contributed by atoms with Crippen molar-refractivity contribution in [3.63, 3.8) is 0 Å². The smallest absolute Gasteiger partial charge is 0.295 e. The van der Waals surface area contributed by atoms with Gasteiger partial charge in [-0.05, 0) is 50.1 Å². The molecule has 8 heteroatoms. The van der Waals surface area contributed by atoms with E-state index in [1.165, 1.54) is 7.11 Å². The van der Waals surface area contributed by atoms with Crippen LogP contribution in [0.1, 0.15) is 42.1 Å². The number of nitrogens with zero attached hydrogens (tertiary/aromatic N) is 3. The molecule has 8 nitrogen and oxygen atoms in total. The average Bonchev–Trinajstić information content (AvgIpc) is 3.51. The summed E-state index contributed by atoms with van der Waals surface area (Å²) in [5, 5.41) is 10.0. The van der Waals surface area contributed by atoms with Gasteiger partial charge in [0, 0.05) is 24.4 Å². The second-order valence-electron chi connectivity index (χ2n) is 7.22. The molecule has 2 aromatic carbocycles. The number of methoxy groups -OCH3 is 1. The molecule has 1 fully saturated rings. The predicted octanol–water partition coefficient (Wildman–Crippen LogP) is 3.37. The van der Waals surface area contributed by atoms with Crippen molar-refractivity contribution < 1.29 is 14.3 Å². The highest BCUT2D eigenvalue weighted by molar-refractivity contribution is 6.02. The first-order valence-corrected chi connectivity index (χ1v) is 9.82. The molecule has 1 aromatic heterocycles. The molecule has 30 heavy (non-hydrogen) atoms. The van der Waals surface area contributed by atoms with Gasteiger partial charge in [0.05, 0.1) is 5.69 Å². The van der Waals surface area contributed by atoms with E-state index in [9.17, 15) is 9.59 Å². The number of rotatable bonds is 7. The zero-order chi connectivity index (χ0) is 21.1. The van der Waals surface area contributed by atoms with Gasteiger partial charge in [0.1, 0.15) is 11.9 Å². The van der Waals surface area contributed by atoms with Gasteiger partial charge in [0.15, 0.2) is 0 Å². The lowest BCUT2D eigenvalue weighted by Crippen LogP contribution is -2.26. The molecular formula is C22H23N5O3. The molecule has 154 valence electrons. The number of ether oxygens (including phenoxy) is 1. The largest absolute Gasteiger partial charge is 0.372 e. The highest BCUT2D eigenvalue weighted by Gasteiger charge is 2.31. The lowest BCUT2D eigenvalue weighted by Gasteiger charge is -2.11. The summed E-state index contributed by atoms with van der Waals surface area (Å²) in [6.45, 7) is 1.66. The van der Waals surface area contributed by atoms with Crippen LogP contribution in [0, 0.1) is 0 Å². The van der Waals surface area contributed by atoms with Crippen molar-refractivity contribution in [2.24, 2.45) is 0 Å². The lowest BCUT2D eigenvalue weighted by molar-refractivity contribution is -0.124. The molecule has 0 saturated heterocycles. The molecule has 4 rings (SSSR count). The van der Waals surface area contributed by atoms with Crippen LogP contribution in [0.25, 0.3) is 5.69 Å². The molecule has 0 bridgehead atoms. The first-order chi connectivity index (χ1) is 14.5. The van der Waals surface area contributed by atoms with Gasteiger partial charge in [-0.25, -0.2) is 9.67 Å². The van der Waals surface area contributed by atoms with Gasteiger partial charge in [-0.15, -0.1) is 5.10 Å². The van der Waals surface area contributed by atoms with E-state index >= 15 is 0 Å². The summed E-state index contributed by atoms with van der Waals surface area (Å²) >= 11 is 0. The fraction of sp³-hybridized carbons (Fsp3) is 0.273. The topological polar surface area (TPSA) is 98.1 Å². The number of anilines is 2. The number of benzene rings is 2. The molecule has 2 amide bonds. The lowest BCUT2D eigenvalue weighted by atomic mass is 10.2. The van der Waals surface area contributed by atoms with Crippen LogP contribution in [0.2, 0.25) is 0 Å². The Morgan fingerprint density at radius 2 is 1.77 bits per heavy atom. The van der Waals surface area contributed by atoms with E-state index in [0.717, 1.165) is 24.4 Å². The Morgan fingerprint density at radius 1 is 1.07 bits per heavy atom. The number of amides is 2. The standard InChI is InChI=1S/C22H23N5O3/c1-14(30-2)21(28)23-16-7-6-8-17(13-16)24-22(29)19-25-20(15-11-12-15)27(26-19)18-9-4-3-5-10-18/h3-10,13-15H,11-12H2,1-2H3,(H,23,28)(H,24,29). The van der Waals surface area contributed by atoms with Crippen molar-refractivity contribution in [2.45, 2.75) is 31.8 Å². The number of carbonyl (C=O) groups excluding carboxylic acids is 2. The van der Waals surface area contributed by atoms with E-state index in [0.29, 0.717) is 17.3 Å². The van der Waals surface area contributed by atoms with Crippen molar-refractivity contribution in [3.05, 3.63) is 66.2 Å². The second kappa shape index (κ2) is 8.46. The van der Waals surface area contributed by atoms with Gasteiger partial charge in [-0.1, -0.05) is 24.3 Å². The Hall–Kier alpha value is -3.52. The third-order valence-electron chi connectivity index (χ3n) is 4.89. The molecule has 1 atom stereocenters. The van der Waals surface area contributed by atoms with Crippen LogP contribution >= 0.6 is 0 Å². The van der Waals surface area contributed by atoms with Gasteiger partial charge in [0.2, 0.25) is 5.82 Å². The van der Waals surface area contributed by atoms with E-state index in [1.54, 1.807) is 35.9 Å². The monoisotopic (exact) mass is 405 g/mol. The number of aromatic nitrogens is 3. The minimum atomic E-state index is -0.574. The number of para-hydroxylation sites is 1. The Morgan fingerprint density at radius 3 is 2.43 bits per heavy atom. The molecule has 1 heterocycles. The minimum absolute atomic E-state index is 0.114. The molecule has 0 radical (unpaired) electrons. The van der Waals surface area contributed by atoms with Crippen molar-refractivity contribution in [3.8, 4) is 5.69 Å². The van der Waals surface area contributed by atoms with Crippen LogP contribution in [-0.4, -0.2) is 39.8 Å². The van der Waals surface area contributed by atoms with Crippen molar-refractivity contribution in [2.75, 3.05) is 17.7 Å². The maximum atomic E-state index is 12.8. The normalized spacial score (nSPS) is 14.2. The SMILES string of the molecule is COC(C)C(=O)Nc1cccc(NC(=O)c2nc(C3CC3)n(-c3ccccc3)n2)c1. The Kier molecular flexibility index (Phi) is 5.58. The minimum Gasteiger partial charge on any atom is -0.372 e. The zero-order valence-corrected chi connectivity index (χ0v) is 16.8. The van der Waals surface area contributed by atoms with Crippen LogP contribution in [0.15, 0.2) is 54.6 Å². The molecule has 1 unspecified atom stereocenters. The molecule has 2 N–H and O–H groups in total. The molecule has 0 spiro atoms. The first-order valence-electron chi connectivity index (χ1n) is 9.82. The van der Waals surface area contributed by atoms with Gasteiger partial charge >= 0.3 is 0 Å². The highest BCUT2D eigenvalue weighted by Crippen LogP contribution is 2.39. The Balaban J connectivity index is 1.52. The van der Waals surface area contributed by atoms with Crippen LogP contribution in [0.3, 0.4) is 0 Å². The van der Waals surface area contributed by atoms with Gasteiger partial charge < -0.3 is 15.4 Å².